The highest BCUT2D eigenvalue weighted by Crippen LogP contribution is 2.58. The molecule has 0 unspecified atom stereocenters. The Morgan fingerprint density at radius 3 is 2.62 bits per heavy atom. The highest BCUT2D eigenvalue weighted by atomic mass is 16.6. The Morgan fingerprint density at radius 1 is 1.22 bits per heavy atom. The first-order valence-electron chi connectivity index (χ1n) is 10.8. The fourth-order valence-corrected chi connectivity index (χ4v) is 3.63. The van der Waals surface area contributed by atoms with Gasteiger partial charge in [-0.1, -0.05) is 13.0 Å². The lowest BCUT2D eigenvalue weighted by molar-refractivity contribution is -0.118. The van der Waals surface area contributed by atoms with Crippen molar-refractivity contribution in [2.45, 2.75) is 64.0 Å². The van der Waals surface area contributed by atoms with Crippen molar-refractivity contribution in [2.75, 3.05) is 11.9 Å². The topological polar surface area (TPSA) is 112 Å². The SMILES string of the molecule is CC[C@@H](NC(=O)OC(C)(C)C)C(=O)Nc1cnc(Oc2cccc3c2C2(CC2)CO3)cn1. The number of alkyl carbamates (subject to hydrolysis) is 1. The lowest BCUT2D eigenvalue weighted by atomic mass is 9.97. The van der Waals surface area contributed by atoms with Crippen LogP contribution < -0.4 is 20.1 Å². The molecule has 1 atom stereocenters. The molecule has 2 aromatic rings. The molecule has 170 valence electrons. The van der Waals surface area contributed by atoms with Crippen molar-refractivity contribution < 1.29 is 23.8 Å². The molecule has 0 saturated heterocycles. The quantitative estimate of drug-likeness (QED) is 0.700. The molecule has 4 rings (SSSR count). The molecule has 1 saturated carbocycles. The molecular weight excluding hydrogens is 412 g/mol. The number of benzene rings is 1. The largest absolute Gasteiger partial charge is 0.492 e. The van der Waals surface area contributed by atoms with Crippen molar-refractivity contribution >= 4 is 17.8 Å². The second kappa shape index (κ2) is 8.29. The number of nitrogens with one attached hydrogen (secondary N) is 2. The van der Waals surface area contributed by atoms with Gasteiger partial charge in [-0.3, -0.25) is 4.79 Å². The Labute approximate surface area is 186 Å². The molecule has 2 heterocycles. The average molecular weight is 441 g/mol. The standard InChI is InChI=1S/C23H28N4O5/c1-5-14(26-21(29)32-22(2,3)4)20(28)27-17-11-25-18(12-24-17)31-16-8-6-7-15-19(16)23(9-10-23)13-30-15/h6-8,11-12,14H,5,9-10,13H2,1-4H3,(H,26,29)(H,24,27,28)/t14-/m1/s1. The summed E-state index contributed by atoms with van der Waals surface area (Å²) in [6.07, 6.45) is 4.79. The van der Waals surface area contributed by atoms with E-state index in [4.69, 9.17) is 14.2 Å². The Balaban J connectivity index is 1.38. The number of hydrogen-bond acceptors (Lipinski definition) is 7. The number of carbonyl (C=O) groups is 2. The smallest absolute Gasteiger partial charge is 0.408 e. The molecule has 0 bridgehead atoms. The van der Waals surface area contributed by atoms with Gasteiger partial charge in [0, 0.05) is 11.0 Å². The summed E-state index contributed by atoms with van der Waals surface area (Å²) >= 11 is 0. The second-order valence-electron chi connectivity index (χ2n) is 9.14. The maximum absolute atomic E-state index is 12.5. The van der Waals surface area contributed by atoms with Crippen molar-refractivity contribution in [3.63, 3.8) is 0 Å². The van der Waals surface area contributed by atoms with Crippen LogP contribution in [0.25, 0.3) is 0 Å². The van der Waals surface area contributed by atoms with Crippen molar-refractivity contribution in [3.05, 3.63) is 36.2 Å². The van der Waals surface area contributed by atoms with Gasteiger partial charge in [-0.15, -0.1) is 0 Å². The first kappa shape index (κ1) is 21.9. The Kier molecular flexibility index (Phi) is 5.66. The van der Waals surface area contributed by atoms with E-state index in [2.05, 4.69) is 20.6 Å². The van der Waals surface area contributed by atoms with Gasteiger partial charge >= 0.3 is 6.09 Å². The molecule has 2 N–H and O–H groups in total. The van der Waals surface area contributed by atoms with Crippen molar-refractivity contribution in [1.29, 1.82) is 0 Å². The monoisotopic (exact) mass is 440 g/mol. The average Bonchev–Trinajstić information content (AvgIpc) is 3.41. The van der Waals surface area contributed by atoms with Crippen molar-refractivity contribution in [3.8, 4) is 17.4 Å². The first-order valence-corrected chi connectivity index (χ1v) is 10.8. The lowest BCUT2D eigenvalue weighted by Gasteiger charge is -2.22. The van der Waals surface area contributed by atoms with E-state index in [1.54, 1.807) is 27.7 Å². The summed E-state index contributed by atoms with van der Waals surface area (Å²) in [5.74, 6) is 1.75. The molecule has 1 aliphatic carbocycles. The molecule has 9 heteroatoms. The van der Waals surface area contributed by atoms with Crippen LogP contribution in [0.2, 0.25) is 0 Å². The third kappa shape index (κ3) is 4.76. The highest BCUT2D eigenvalue weighted by molar-refractivity contribution is 5.95. The number of aromatic nitrogens is 2. The maximum atomic E-state index is 12.5. The van der Waals surface area contributed by atoms with Gasteiger partial charge in [-0.2, -0.15) is 0 Å². The van der Waals surface area contributed by atoms with E-state index in [1.165, 1.54) is 12.4 Å². The van der Waals surface area contributed by atoms with Gasteiger partial charge in [0.25, 0.3) is 0 Å². The maximum Gasteiger partial charge on any atom is 0.408 e. The van der Waals surface area contributed by atoms with E-state index in [-0.39, 0.29) is 11.2 Å². The van der Waals surface area contributed by atoms with E-state index in [1.807, 2.05) is 18.2 Å². The molecule has 1 aliphatic heterocycles. The van der Waals surface area contributed by atoms with Crippen LogP contribution in [0.4, 0.5) is 10.6 Å². The van der Waals surface area contributed by atoms with Crippen LogP contribution in [0.5, 0.6) is 17.4 Å². The van der Waals surface area contributed by atoms with Crippen LogP contribution in [-0.2, 0) is 14.9 Å². The van der Waals surface area contributed by atoms with Gasteiger partial charge in [-0.05, 0) is 52.2 Å². The number of carbonyl (C=O) groups excluding carboxylic acids is 2. The first-order chi connectivity index (χ1) is 15.2. The van der Waals surface area contributed by atoms with Crippen LogP contribution in [0.3, 0.4) is 0 Å². The Hall–Kier alpha value is -3.36. The molecule has 1 fully saturated rings. The molecule has 9 nitrogen and oxygen atoms in total. The van der Waals surface area contributed by atoms with E-state index in [0.717, 1.165) is 29.9 Å². The molecule has 32 heavy (non-hydrogen) atoms. The van der Waals surface area contributed by atoms with Crippen LogP contribution in [0.15, 0.2) is 30.6 Å². The molecule has 1 aromatic carbocycles. The lowest BCUT2D eigenvalue weighted by Crippen LogP contribution is -2.45. The number of nitrogens with zero attached hydrogens (tertiary/aromatic N) is 2. The summed E-state index contributed by atoms with van der Waals surface area (Å²) < 4.78 is 17.0. The second-order valence-corrected chi connectivity index (χ2v) is 9.14. The van der Waals surface area contributed by atoms with Gasteiger partial charge in [0.05, 0.1) is 19.0 Å². The molecule has 2 aliphatic rings. The van der Waals surface area contributed by atoms with Crippen molar-refractivity contribution in [2.24, 2.45) is 0 Å². The highest BCUT2D eigenvalue weighted by Gasteiger charge is 2.52. The summed E-state index contributed by atoms with van der Waals surface area (Å²) in [7, 11) is 0. The van der Waals surface area contributed by atoms with Crippen molar-refractivity contribution in [1.82, 2.24) is 15.3 Å². The van der Waals surface area contributed by atoms with E-state index < -0.39 is 23.6 Å². The number of fused-ring (bicyclic) bond motifs is 2. The molecule has 0 radical (unpaired) electrons. The summed E-state index contributed by atoms with van der Waals surface area (Å²) in [5.41, 5.74) is 0.520. The number of anilines is 1. The van der Waals surface area contributed by atoms with Gasteiger partial charge < -0.3 is 24.8 Å². The minimum atomic E-state index is -0.760. The fourth-order valence-electron chi connectivity index (χ4n) is 3.63. The summed E-state index contributed by atoms with van der Waals surface area (Å²) in [5, 5.41) is 5.23. The third-order valence-corrected chi connectivity index (χ3v) is 5.39. The zero-order valence-electron chi connectivity index (χ0n) is 18.7. The van der Waals surface area contributed by atoms with E-state index in [0.29, 0.717) is 18.9 Å². The number of hydrogen-bond donors (Lipinski definition) is 2. The summed E-state index contributed by atoms with van der Waals surface area (Å²) in [4.78, 5) is 33.0. The summed E-state index contributed by atoms with van der Waals surface area (Å²) in [6, 6.07) is 4.98. The van der Waals surface area contributed by atoms with Crippen LogP contribution in [-0.4, -0.2) is 40.2 Å². The molecule has 1 spiro atoms. The molecule has 2 amide bonds. The molecule has 1 aromatic heterocycles. The van der Waals surface area contributed by atoms with Gasteiger partial charge in [0.1, 0.15) is 23.1 Å². The third-order valence-electron chi connectivity index (χ3n) is 5.39. The fraction of sp³-hybridized carbons (Fsp3) is 0.478. The number of amides is 2. The van der Waals surface area contributed by atoms with E-state index in [9.17, 15) is 9.59 Å². The van der Waals surface area contributed by atoms with Gasteiger partial charge in [0.2, 0.25) is 11.8 Å². The Morgan fingerprint density at radius 2 is 2.00 bits per heavy atom. The predicted octanol–water partition coefficient (Wildman–Crippen LogP) is 3.93. The van der Waals surface area contributed by atoms with Gasteiger partial charge in [0.15, 0.2) is 5.82 Å². The van der Waals surface area contributed by atoms with Crippen LogP contribution in [0, 0.1) is 0 Å². The summed E-state index contributed by atoms with van der Waals surface area (Å²) in [6.45, 7) is 7.75. The molecular formula is C23H28N4O5. The van der Waals surface area contributed by atoms with Gasteiger partial charge in [-0.25, -0.2) is 14.8 Å². The Bertz CT molecular complexity index is 1010. The predicted molar refractivity (Wildman–Crippen MR) is 117 cm³/mol. The zero-order chi connectivity index (χ0) is 22.9. The normalized spacial score (nSPS) is 16.5. The minimum absolute atomic E-state index is 0.0730. The van der Waals surface area contributed by atoms with Crippen LogP contribution in [0.1, 0.15) is 52.5 Å². The number of rotatable bonds is 6. The minimum Gasteiger partial charge on any atom is -0.492 e. The van der Waals surface area contributed by atoms with E-state index >= 15 is 0 Å². The zero-order valence-corrected chi connectivity index (χ0v) is 18.7. The number of ether oxygens (including phenoxy) is 3. The van der Waals surface area contributed by atoms with Crippen LogP contribution >= 0.6 is 0 Å².